The van der Waals surface area contributed by atoms with E-state index in [1.165, 1.54) is 0 Å². The molecule has 2 rings (SSSR count). The second-order valence-electron chi connectivity index (χ2n) is 10.3. The molecule has 0 spiro atoms. The normalized spacial score (nSPS) is 26.3. The second-order valence-corrected chi connectivity index (χ2v) is 10.3. The number of hydrogen-bond donors (Lipinski definition) is 3. The van der Waals surface area contributed by atoms with Gasteiger partial charge in [0.15, 0.2) is 11.6 Å². The van der Waals surface area contributed by atoms with Crippen molar-refractivity contribution in [3.8, 4) is 0 Å². The highest BCUT2D eigenvalue weighted by Crippen LogP contribution is 2.36. The van der Waals surface area contributed by atoms with Gasteiger partial charge in [-0.2, -0.15) is 0 Å². The SMILES string of the molecule is CC(C)(O)CCOC(C)(C)CCN.CC(C)(O)OCCC1OCC2OC(C)(C)OC12. The van der Waals surface area contributed by atoms with E-state index in [1.54, 1.807) is 27.7 Å². The Hall–Kier alpha value is -0.320. The molecule has 8 heteroatoms. The molecule has 0 aromatic carbocycles. The van der Waals surface area contributed by atoms with Gasteiger partial charge in [0.1, 0.15) is 12.2 Å². The van der Waals surface area contributed by atoms with Gasteiger partial charge in [-0.3, -0.25) is 0 Å². The quantitative estimate of drug-likeness (QED) is 0.448. The van der Waals surface area contributed by atoms with Gasteiger partial charge in [-0.15, -0.1) is 0 Å². The second kappa shape index (κ2) is 11.0. The summed E-state index contributed by atoms with van der Waals surface area (Å²) < 4.78 is 28.0. The van der Waals surface area contributed by atoms with E-state index < -0.39 is 17.2 Å². The predicted molar refractivity (Wildman–Crippen MR) is 115 cm³/mol. The van der Waals surface area contributed by atoms with Crippen molar-refractivity contribution < 1.29 is 33.9 Å². The fraction of sp³-hybridized carbons (Fsp3) is 1.00. The molecule has 0 amide bonds. The smallest absolute Gasteiger partial charge is 0.164 e. The predicted octanol–water partition coefficient (Wildman–Crippen LogP) is 2.33. The van der Waals surface area contributed by atoms with Crippen LogP contribution in [0.15, 0.2) is 0 Å². The molecule has 30 heavy (non-hydrogen) atoms. The minimum atomic E-state index is -1.09. The monoisotopic (exact) mass is 435 g/mol. The molecule has 2 saturated heterocycles. The molecule has 3 unspecified atom stereocenters. The zero-order valence-electron chi connectivity index (χ0n) is 20.2. The topological polar surface area (TPSA) is 113 Å². The zero-order valence-corrected chi connectivity index (χ0v) is 20.2. The first kappa shape index (κ1) is 27.7. The minimum absolute atomic E-state index is 0.0101. The molecule has 8 nitrogen and oxygen atoms in total. The summed E-state index contributed by atoms with van der Waals surface area (Å²) >= 11 is 0. The zero-order chi connectivity index (χ0) is 23.2. The van der Waals surface area contributed by atoms with Crippen LogP contribution in [-0.4, -0.2) is 77.7 Å². The number of aliphatic hydroxyl groups is 2. The fourth-order valence-electron chi connectivity index (χ4n) is 3.29. The molecule has 4 N–H and O–H groups in total. The lowest BCUT2D eigenvalue weighted by Crippen LogP contribution is -2.32. The summed E-state index contributed by atoms with van der Waals surface area (Å²) in [5.74, 6) is -1.61. The largest absolute Gasteiger partial charge is 0.390 e. The Kier molecular flexibility index (Phi) is 10.2. The maximum atomic E-state index is 9.44. The highest BCUT2D eigenvalue weighted by Gasteiger charge is 2.49. The summed E-state index contributed by atoms with van der Waals surface area (Å²) in [7, 11) is 0. The Morgan fingerprint density at radius 2 is 1.60 bits per heavy atom. The lowest BCUT2D eigenvalue weighted by atomic mass is 10.0. The number of rotatable bonds is 10. The van der Waals surface area contributed by atoms with Crippen molar-refractivity contribution >= 4 is 0 Å². The standard InChI is InChI=1S/C12H22O5.C10H23NO2/c1-11(2,13)15-6-5-8-10-9(7-14-8)16-12(3,4)17-10;1-9(2,12)6-8-13-10(3,4)5-7-11/h8-10,13H,5-7H2,1-4H3;12H,5-8,11H2,1-4H3. The van der Waals surface area contributed by atoms with E-state index in [-0.39, 0.29) is 23.9 Å². The summed E-state index contributed by atoms with van der Waals surface area (Å²) in [5, 5.41) is 18.9. The molecule has 0 aliphatic carbocycles. The molecule has 0 bridgehead atoms. The minimum Gasteiger partial charge on any atom is -0.390 e. The Morgan fingerprint density at radius 1 is 0.967 bits per heavy atom. The number of fused-ring (bicyclic) bond motifs is 1. The van der Waals surface area contributed by atoms with E-state index in [0.29, 0.717) is 39.2 Å². The van der Waals surface area contributed by atoms with Crippen molar-refractivity contribution in [2.75, 3.05) is 26.4 Å². The van der Waals surface area contributed by atoms with Crippen molar-refractivity contribution in [2.45, 2.75) is 116 Å². The van der Waals surface area contributed by atoms with E-state index >= 15 is 0 Å². The Bertz CT molecular complexity index is 497. The average molecular weight is 436 g/mol. The summed E-state index contributed by atoms with van der Waals surface area (Å²) in [6, 6.07) is 0. The molecule has 3 atom stereocenters. The highest BCUT2D eigenvalue weighted by atomic mass is 16.8. The highest BCUT2D eigenvalue weighted by molar-refractivity contribution is 4.92. The number of hydrogen-bond acceptors (Lipinski definition) is 8. The molecular weight excluding hydrogens is 390 g/mol. The molecule has 2 fully saturated rings. The first-order chi connectivity index (χ1) is 13.5. The van der Waals surface area contributed by atoms with Gasteiger partial charge < -0.3 is 39.6 Å². The van der Waals surface area contributed by atoms with Gasteiger partial charge in [-0.05, 0) is 81.2 Å². The van der Waals surface area contributed by atoms with Gasteiger partial charge >= 0.3 is 0 Å². The fourth-order valence-corrected chi connectivity index (χ4v) is 3.29. The van der Waals surface area contributed by atoms with Crippen LogP contribution in [0.3, 0.4) is 0 Å². The van der Waals surface area contributed by atoms with E-state index in [0.717, 1.165) is 6.42 Å². The summed E-state index contributed by atoms with van der Waals surface area (Å²) in [4.78, 5) is 0. The van der Waals surface area contributed by atoms with E-state index in [4.69, 9.17) is 29.4 Å². The van der Waals surface area contributed by atoms with Crippen LogP contribution in [0, 0.1) is 0 Å². The Balaban J connectivity index is 0.000000314. The van der Waals surface area contributed by atoms with E-state index in [9.17, 15) is 10.2 Å². The van der Waals surface area contributed by atoms with Crippen LogP contribution in [-0.2, 0) is 23.7 Å². The number of ether oxygens (including phenoxy) is 5. The van der Waals surface area contributed by atoms with Crippen molar-refractivity contribution in [2.24, 2.45) is 5.73 Å². The molecular formula is C22H45NO7. The molecule has 180 valence electrons. The van der Waals surface area contributed by atoms with Crippen LogP contribution in [0.25, 0.3) is 0 Å². The van der Waals surface area contributed by atoms with Gasteiger partial charge in [0.05, 0.1) is 37.1 Å². The van der Waals surface area contributed by atoms with Crippen molar-refractivity contribution in [1.82, 2.24) is 0 Å². The number of nitrogens with two attached hydrogens (primary N) is 1. The molecule has 0 radical (unpaired) electrons. The maximum absolute atomic E-state index is 9.44. The first-order valence-corrected chi connectivity index (χ1v) is 10.9. The summed E-state index contributed by atoms with van der Waals surface area (Å²) in [6.07, 6.45) is 2.20. The van der Waals surface area contributed by atoms with E-state index in [2.05, 4.69) is 0 Å². The van der Waals surface area contributed by atoms with Crippen LogP contribution in [0.1, 0.15) is 74.7 Å². The van der Waals surface area contributed by atoms with Crippen molar-refractivity contribution in [1.29, 1.82) is 0 Å². The molecule has 0 saturated carbocycles. The maximum Gasteiger partial charge on any atom is 0.164 e. The van der Waals surface area contributed by atoms with Gasteiger partial charge in [-0.1, -0.05) is 0 Å². The third-order valence-corrected chi connectivity index (χ3v) is 4.87. The molecule has 2 aliphatic rings. The van der Waals surface area contributed by atoms with Crippen molar-refractivity contribution in [3.63, 3.8) is 0 Å². The molecule has 0 aromatic heterocycles. The van der Waals surface area contributed by atoms with Crippen molar-refractivity contribution in [3.05, 3.63) is 0 Å². The third kappa shape index (κ3) is 11.3. The molecule has 0 aromatic rings. The van der Waals surface area contributed by atoms with Crippen LogP contribution in [0.2, 0.25) is 0 Å². The summed E-state index contributed by atoms with van der Waals surface area (Å²) in [5.41, 5.74) is 4.64. The Labute approximate surface area is 182 Å². The lowest BCUT2D eigenvalue weighted by Gasteiger charge is -2.26. The van der Waals surface area contributed by atoms with E-state index in [1.807, 2.05) is 27.7 Å². The van der Waals surface area contributed by atoms with Crippen LogP contribution in [0.5, 0.6) is 0 Å². The molecule has 2 aliphatic heterocycles. The lowest BCUT2D eigenvalue weighted by molar-refractivity contribution is -0.192. The van der Waals surface area contributed by atoms with Crippen LogP contribution in [0.4, 0.5) is 0 Å². The van der Waals surface area contributed by atoms with Gasteiger partial charge in [0.2, 0.25) is 0 Å². The average Bonchev–Trinajstić information content (AvgIpc) is 3.01. The first-order valence-electron chi connectivity index (χ1n) is 10.9. The third-order valence-electron chi connectivity index (χ3n) is 4.87. The van der Waals surface area contributed by atoms with Crippen LogP contribution < -0.4 is 5.73 Å². The van der Waals surface area contributed by atoms with Crippen LogP contribution >= 0.6 is 0 Å². The Morgan fingerprint density at radius 3 is 2.13 bits per heavy atom. The van der Waals surface area contributed by atoms with Gasteiger partial charge in [-0.25, -0.2) is 0 Å². The van der Waals surface area contributed by atoms with Gasteiger partial charge in [0, 0.05) is 0 Å². The summed E-state index contributed by atoms with van der Waals surface area (Å²) in [6.45, 7) is 16.9. The van der Waals surface area contributed by atoms with Gasteiger partial charge in [0.25, 0.3) is 0 Å². The molecule has 2 heterocycles.